The van der Waals surface area contributed by atoms with E-state index in [-0.39, 0.29) is 18.6 Å². The number of likely N-dealkylation sites (tertiary alicyclic amines) is 1. The molecule has 178 valence electrons. The molecule has 5 rings (SSSR count). The molecule has 0 radical (unpaired) electrons. The average molecular weight is 483 g/mol. The van der Waals surface area contributed by atoms with Gasteiger partial charge >= 0.3 is 6.09 Å². The van der Waals surface area contributed by atoms with Gasteiger partial charge in [-0.15, -0.1) is 5.10 Å². The number of nitrogens with one attached hydrogen (secondary N) is 1. The molecule has 10 heteroatoms. The van der Waals surface area contributed by atoms with Crippen molar-refractivity contribution in [1.82, 2.24) is 30.1 Å². The highest BCUT2D eigenvalue weighted by molar-refractivity contribution is 6.30. The van der Waals surface area contributed by atoms with Crippen LogP contribution in [-0.2, 0) is 11.3 Å². The summed E-state index contributed by atoms with van der Waals surface area (Å²) in [5.41, 5.74) is 3.04. The first-order valence-electron chi connectivity index (χ1n) is 11.6. The lowest BCUT2D eigenvalue weighted by atomic mass is 10.0. The van der Waals surface area contributed by atoms with E-state index >= 15 is 0 Å². The number of carbonyl (C=O) groups is 2. The molecule has 3 heterocycles. The Morgan fingerprint density at radius 3 is 2.56 bits per heavy atom. The number of piperidine rings is 1. The number of rotatable bonds is 4. The van der Waals surface area contributed by atoms with Crippen LogP contribution in [0.5, 0.6) is 0 Å². The van der Waals surface area contributed by atoms with Crippen molar-refractivity contribution in [3.63, 3.8) is 0 Å². The predicted molar refractivity (Wildman–Crippen MR) is 128 cm³/mol. The lowest BCUT2D eigenvalue weighted by Crippen LogP contribution is -2.54. The molecule has 2 aliphatic heterocycles. The number of hydrogen-bond donors (Lipinski definition) is 1. The average Bonchev–Trinajstić information content (AvgIpc) is 3.35. The number of ether oxygens (including phenoxy) is 1. The first-order chi connectivity index (χ1) is 16.6. The Morgan fingerprint density at radius 1 is 1.00 bits per heavy atom. The van der Waals surface area contributed by atoms with E-state index in [4.69, 9.17) is 16.3 Å². The van der Waals surface area contributed by atoms with Crippen LogP contribution < -0.4 is 0 Å². The largest absolute Gasteiger partial charge is 0.445 e. The number of piperazine rings is 1. The molecule has 1 aromatic heterocycles. The fraction of sp³-hybridized carbons (Fsp3) is 0.417. The van der Waals surface area contributed by atoms with E-state index in [2.05, 4.69) is 20.3 Å². The van der Waals surface area contributed by atoms with Gasteiger partial charge in [0.1, 0.15) is 12.1 Å². The summed E-state index contributed by atoms with van der Waals surface area (Å²) in [5.74, 6) is 0.0376. The normalized spacial score (nSPS) is 17.8. The van der Waals surface area contributed by atoms with Gasteiger partial charge in [-0.3, -0.25) is 14.8 Å². The second-order valence-electron chi connectivity index (χ2n) is 8.77. The van der Waals surface area contributed by atoms with E-state index < -0.39 is 0 Å². The van der Waals surface area contributed by atoms with Crippen LogP contribution in [0.1, 0.15) is 28.8 Å². The van der Waals surface area contributed by atoms with E-state index in [1.165, 1.54) is 0 Å². The maximum Gasteiger partial charge on any atom is 0.410 e. The minimum absolute atomic E-state index is 0.0376. The third-order valence-electron chi connectivity index (χ3n) is 6.66. The molecule has 2 saturated heterocycles. The summed E-state index contributed by atoms with van der Waals surface area (Å²) in [4.78, 5) is 31.5. The minimum atomic E-state index is -0.288. The number of hydrogen-bond acceptors (Lipinski definition) is 6. The van der Waals surface area contributed by atoms with E-state index in [9.17, 15) is 9.59 Å². The molecule has 1 N–H and O–H groups in total. The standard InChI is InChI=1S/C24H27ClN6O3/c25-19-3-1-2-17(14-19)16-34-24(33)31-12-10-29(11-13-31)20-6-8-30(9-7-20)23(32)18-4-5-21-22(15-18)27-28-26-21/h1-5,14-15,20H,6-13,16H2,(H,26,27,28). The Labute approximate surface area is 202 Å². The number of aromatic nitrogens is 3. The molecule has 0 saturated carbocycles. The Kier molecular flexibility index (Phi) is 6.64. The fourth-order valence-electron chi connectivity index (χ4n) is 4.72. The number of aromatic amines is 1. The van der Waals surface area contributed by atoms with Crippen molar-refractivity contribution < 1.29 is 14.3 Å². The van der Waals surface area contributed by atoms with Crippen molar-refractivity contribution in [2.24, 2.45) is 0 Å². The number of benzene rings is 2. The van der Waals surface area contributed by atoms with Gasteiger partial charge in [0, 0.05) is 55.9 Å². The molecular weight excluding hydrogens is 456 g/mol. The molecule has 2 aromatic carbocycles. The summed E-state index contributed by atoms with van der Waals surface area (Å²) in [6, 6.07) is 13.2. The minimum Gasteiger partial charge on any atom is -0.445 e. The van der Waals surface area contributed by atoms with Gasteiger partial charge in [0.25, 0.3) is 5.91 Å². The number of H-pyrrole nitrogens is 1. The Bertz CT molecular complexity index is 1170. The first-order valence-corrected chi connectivity index (χ1v) is 11.9. The maximum atomic E-state index is 12.9. The Morgan fingerprint density at radius 2 is 1.79 bits per heavy atom. The molecule has 3 aromatic rings. The van der Waals surface area contributed by atoms with Gasteiger partial charge in [-0.1, -0.05) is 28.9 Å². The molecule has 0 atom stereocenters. The number of nitrogens with zero attached hydrogens (tertiary/aromatic N) is 5. The van der Waals surface area contributed by atoms with Gasteiger partial charge in [0.15, 0.2) is 0 Å². The highest BCUT2D eigenvalue weighted by Crippen LogP contribution is 2.21. The van der Waals surface area contributed by atoms with Crippen molar-refractivity contribution in [2.75, 3.05) is 39.3 Å². The lowest BCUT2D eigenvalue weighted by molar-refractivity contribution is 0.0394. The van der Waals surface area contributed by atoms with Crippen LogP contribution in [0.4, 0.5) is 4.79 Å². The molecule has 9 nitrogen and oxygen atoms in total. The molecular formula is C24H27ClN6O3. The lowest BCUT2D eigenvalue weighted by Gasteiger charge is -2.42. The zero-order chi connectivity index (χ0) is 23.5. The summed E-state index contributed by atoms with van der Waals surface area (Å²) >= 11 is 5.99. The van der Waals surface area contributed by atoms with Gasteiger partial charge < -0.3 is 14.5 Å². The Hall–Kier alpha value is -3.17. The van der Waals surface area contributed by atoms with Crippen molar-refractivity contribution in [3.05, 3.63) is 58.6 Å². The van der Waals surface area contributed by atoms with Gasteiger partial charge in [-0.25, -0.2) is 4.79 Å². The van der Waals surface area contributed by atoms with Gasteiger partial charge in [-0.2, -0.15) is 0 Å². The van der Waals surface area contributed by atoms with Crippen molar-refractivity contribution in [1.29, 1.82) is 0 Å². The Balaban J connectivity index is 1.07. The van der Waals surface area contributed by atoms with Gasteiger partial charge in [0.2, 0.25) is 0 Å². The van der Waals surface area contributed by atoms with Crippen LogP contribution in [0.3, 0.4) is 0 Å². The van der Waals surface area contributed by atoms with E-state index in [1.54, 1.807) is 23.1 Å². The van der Waals surface area contributed by atoms with E-state index in [0.29, 0.717) is 35.2 Å². The summed E-state index contributed by atoms with van der Waals surface area (Å²) in [6.07, 6.45) is 1.57. The maximum absolute atomic E-state index is 12.9. The highest BCUT2D eigenvalue weighted by atomic mass is 35.5. The summed E-state index contributed by atoms with van der Waals surface area (Å²) in [7, 11) is 0. The zero-order valence-electron chi connectivity index (χ0n) is 18.8. The second kappa shape index (κ2) is 9.99. The fourth-order valence-corrected chi connectivity index (χ4v) is 4.94. The number of amides is 2. The van der Waals surface area contributed by atoms with Crippen molar-refractivity contribution in [3.8, 4) is 0 Å². The van der Waals surface area contributed by atoms with Crippen LogP contribution in [0.25, 0.3) is 11.0 Å². The molecule has 2 amide bonds. The molecule has 0 aliphatic carbocycles. The van der Waals surface area contributed by atoms with E-state index in [0.717, 1.165) is 50.1 Å². The topological polar surface area (TPSA) is 94.7 Å². The van der Waals surface area contributed by atoms with E-state index in [1.807, 2.05) is 29.2 Å². The number of halogens is 1. The first kappa shape index (κ1) is 22.6. The van der Waals surface area contributed by atoms with Crippen LogP contribution in [0.15, 0.2) is 42.5 Å². The van der Waals surface area contributed by atoms with Crippen LogP contribution in [-0.4, -0.2) is 87.4 Å². The molecule has 2 aliphatic rings. The number of carbonyl (C=O) groups excluding carboxylic acids is 2. The van der Waals surface area contributed by atoms with Crippen molar-refractivity contribution >= 4 is 34.6 Å². The highest BCUT2D eigenvalue weighted by Gasteiger charge is 2.31. The predicted octanol–water partition coefficient (Wildman–Crippen LogP) is 3.17. The molecule has 0 bridgehead atoms. The van der Waals surface area contributed by atoms with Crippen molar-refractivity contribution in [2.45, 2.75) is 25.5 Å². The molecule has 0 unspecified atom stereocenters. The SMILES string of the molecule is O=C(OCc1cccc(Cl)c1)N1CCN(C2CCN(C(=O)c3ccc4[nH]nnc4c3)CC2)CC1. The van der Waals surface area contributed by atoms with Crippen LogP contribution in [0.2, 0.25) is 5.02 Å². The molecule has 2 fully saturated rings. The summed E-state index contributed by atoms with van der Waals surface area (Å²) in [5, 5.41) is 11.2. The summed E-state index contributed by atoms with van der Waals surface area (Å²) in [6.45, 7) is 4.58. The molecule has 34 heavy (non-hydrogen) atoms. The van der Waals surface area contributed by atoms with Gasteiger partial charge in [-0.05, 0) is 48.7 Å². The second-order valence-corrected chi connectivity index (χ2v) is 9.21. The number of fused-ring (bicyclic) bond motifs is 1. The van der Waals surface area contributed by atoms with Crippen LogP contribution >= 0.6 is 11.6 Å². The van der Waals surface area contributed by atoms with Crippen LogP contribution in [0, 0.1) is 0 Å². The summed E-state index contributed by atoms with van der Waals surface area (Å²) < 4.78 is 5.46. The molecule has 0 spiro atoms. The smallest absolute Gasteiger partial charge is 0.410 e. The van der Waals surface area contributed by atoms with Gasteiger partial charge in [0.05, 0.1) is 5.52 Å². The zero-order valence-corrected chi connectivity index (χ0v) is 19.6. The third-order valence-corrected chi connectivity index (χ3v) is 6.90. The monoisotopic (exact) mass is 482 g/mol. The third kappa shape index (κ3) is 5.00. The quantitative estimate of drug-likeness (QED) is 0.613.